The number of carbonyl (C=O) groups is 1. The zero-order chi connectivity index (χ0) is 32.6. The standard InChI is InChI=1S/C21H44O2S.C18H36O2/c1-2-3-4-5-6-7-8-9-10-11-12-13-14-15-16-17-18-24-20-21(23)19-22;1-2-3-4-5-6-7-8-9-10-11-12-13-14-15-16-17-18(19)20/h21-23H,2-20H2,1H3;2-17H2,1H3,(H,19,20). The van der Waals surface area contributed by atoms with Crippen molar-refractivity contribution >= 4 is 17.7 Å². The number of aliphatic hydroxyl groups is 2. The Labute approximate surface area is 280 Å². The molecule has 0 bridgehead atoms. The molecule has 3 N–H and O–H groups in total. The van der Waals surface area contributed by atoms with Crippen LogP contribution in [-0.2, 0) is 4.79 Å². The maximum Gasteiger partial charge on any atom is 0.303 e. The number of carboxylic acids is 1. The number of carboxylic acid groups (broad SMARTS) is 1. The van der Waals surface area contributed by atoms with Gasteiger partial charge in [0, 0.05) is 12.2 Å². The molecule has 44 heavy (non-hydrogen) atoms. The second-order valence-electron chi connectivity index (χ2n) is 13.3. The van der Waals surface area contributed by atoms with E-state index >= 15 is 0 Å². The van der Waals surface area contributed by atoms with E-state index < -0.39 is 12.1 Å². The zero-order valence-corrected chi connectivity index (χ0v) is 30.8. The van der Waals surface area contributed by atoms with E-state index in [1.807, 2.05) is 0 Å². The smallest absolute Gasteiger partial charge is 0.303 e. The van der Waals surface area contributed by atoms with Crippen molar-refractivity contribution < 1.29 is 20.1 Å². The number of hydrogen-bond acceptors (Lipinski definition) is 4. The van der Waals surface area contributed by atoms with Gasteiger partial charge < -0.3 is 15.3 Å². The predicted molar refractivity (Wildman–Crippen MR) is 197 cm³/mol. The molecule has 0 aromatic carbocycles. The van der Waals surface area contributed by atoms with Gasteiger partial charge >= 0.3 is 5.97 Å². The minimum atomic E-state index is -0.653. The van der Waals surface area contributed by atoms with Crippen LogP contribution in [0.25, 0.3) is 0 Å². The van der Waals surface area contributed by atoms with Crippen LogP contribution in [0, 0.1) is 0 Å². The average molecular weight is 645 g/mol. The topological polar surface area (TPSA) is 77.8 Å². The Kier molecular flexibility index (Phi) is 44.5. The van der Waals surface area contributed by atoms with Crippen molar-refractivity contribution in [2.45, 2.75) is 225 Å². The maximum atomic E-state index is 10.3. The molecule has 0 aromatic rings. The van der Waals surface area contributed by atoms with Gasteiger partial charge in [0.1, 0.15) is 0 Å². The molecule has 1 atom stereocenters. The van der Waals surface area contributed by atoms with Crippen molar-refractivity contribution in [1.82, 2.24) is 0 Å². The molecule has 0 fully saturated rings. The van der Waals surface area contributed by atoms with E-state index in [9.17, 15) is 9.90 Å². The minimum absolute atomic E-state index is 0.105. The van der Waals surface area contributed by atoms with E-state index in [0.717, 1.165) is 18.6 Å². The van der Waals surface area contributed by atoms with Crippen LogP contribution < -0.4 is 0 Å². The summed E-state index contributed by atoms with van der Waals surface area (Å²) in [5.74, 6) is 1.14. The fourth-order valence-electron chi connectivity index (χ4n) is 5.67. The van der Waals surface area contributed by atoms with E-state index in [1.54, 1.807) is 11.8 Å². The van der Waals surface area contributed by atoms with Gasteiger partial charge in [-0.05, 0) is 18.6 Å². The van der Waals surface area contributed by atoms with Crippen LogP contribution in [0.3, 0.4) is 0 Å². The zero-order valence-electron chi connectivity index (χ0n) is 30.0. The molecule has 1 unspecified atom stereocenters. The Morgan fingerprint density at radius 3 is 1.02 bits per heavy atom. The van der Waals surface area contributed by atoms with Gasteiger partial charge in [0.15, 0.2) is 0 Å². The molecule has 0 spiro atoms. The molecular weight excluding hydrogens is 564 g/mol. The predicted octanol–water partition coefficient (Wildman–Crippen LogP) is 12.7. The Bertz CT molecular complexity index is 516. The first kappa shape index (κ1) is 45.9. The normalized spacial score (nSPS) is 11.8. The summed E-state index contributed by atoms with van der Waals surface area (Å²) in [5, 5.41) is 26.5. The molecule has 0 aromatic heterocycles. The third-order valence-electron chi connectivity index (χ3n) is 8.66. The Balaban J connectivity index is 0. The van der Waals surface area contributed by atoms with Crippen LogP contribution in [0.5, 0.6) is 0 Å². The highest BCUT2D eigenvalue weighted by Gasteiger charge is 2.01. The lowest BCUT2D eigenvalue weighted by atomic mass is 10.0. The number of unbranched alkanes of at least 4 members (excludes halogenated alkanes) is 29. The summed E-state index contributed by atoms with van der Waals surface area (Å²) in [7, 11) is 0. The summed E-state index contributed by atoms with van der Waals surface area (Å²) in [5.41, 5.74) is 0. The van der Waals surface area contributed by atoms with Gasteiger partial charge in [-0.3, -0.25) is 4.79 Å². The van der Waals surface area contributed by atoms with Gasteiger partial charge in [-0.15, -0.1) is 0 Å². The maximum absolute atomic E-state index is 10.3. The van der Waals surface area contributed by atoms with Crippen molar-refractivity contribution in [3.8, 4) is 0 Å². The van der Waals surface area contributed by atoms with Gasteiger partial charge in [-0.1, -0.05) is 200 Å². The first-order valence-corrected chi connectivity index (χ1v) is 20.8. The van der Waals surface area contributed by atoms with Crippen LogP contribution >= 0.6 is 11.8 Å². The molecule has 4 nitrogen and oxygen atoms in total. The minimum Gasteiger partial charge on any atom is -0.481 e. The molecule has 0 saturated heterocycles. The second-order valence-corrected chi connectivity index (χ2v) is 14.5. The van der Waals surface area contributed by atoms with Crippen molar-refractivity contribution in [1.29, 1.82) is 0 Å². The highest BCUT2D eigenvalue weighted by atomic mass is 32.2. The van der Waals surface area contributed by atoms with E-state index in [0.29, 0.717) is 12.2 Å². The van der Waals surface area contributed by atoms with Gasteiger partial charge in [-0.25, -0.2) is 0 Å². The molecule has 0 aliphatic heterocycles. The molecule has 5 heteroatoms. The summed E-state index contributed by atoms with van der Waals surface area (Å²) in [6.07, 6.45) is 42.2. The fourth-order valence-corrected chi connectivity index (χ4v) is 6.62. The highest BCUT2D eigenvalue weighted by Crippen LogP contribution is 2.16. The van der Waals surface area contributed by atoms with Gasteiger partial charge in [-0.2, -0.15) is 11.8 Å². The van der Waals surface area contributed by atoms with Crippen molar-refractivity contribution in [2.75, 3.05) is 18.1 Å². The first-order valence-electron chi connectivity index (χ1n) is 19.7. The van der Waals surface area contributed by atoms with Crippen LogP contribution in [0.15, 0.2) is 0 Å². The Morgan fingerprint density at radius 2 is 0.750 bits per heavy atom. The van der Waals surface area contributed by atoms with Crippen LogP contribution in [0.4, 0.5) is 0 Å². The lowest BCUT2D eigenvalue weighted by Gasteiger charge is -2.06. The van der Waals surface area contributed by atoms with Crippen molar-refractivity contribution in [2.24, 2.45) is 0 Å². The molecule has 266 valence electrons. The summed E-state index contributed by atoms with van der Waals surface area (Å²) in [6.45, 7) is 4.45. The van der Waals surface area contributed by atoms with Gasteiger partial charge in [0.2, 0.25) is 0 Å². The van der Waals surface area contributed by atoms with Crippen LogP contribution in [0.2, 0.25) is 0 Å². The Morgan fingerprint density at radius 1 is 0.477 bits per heavy atom. The molecule has 0 amide bonds. The molecule has 0 radical (unpaired) electrons. The number of aliphatic hydroxyl groups excluding tert-OH is 2. The van der Waals surface area contributed by atoms with E-state index in [-0.39, 0.29) is 6.61 Å². The fraction of sp³-hybridized carbons (Fsp3) is 0.974. The first-order chi connectivity index (χ1) is 21.6. The van der Waals surface area contributed by atoms with E-state index in [4.69, 9.17) is 10.2 Å². The molecule has 0 saturated carbocycles. The lowest BCUT2D eigenvalue weighted by Crippen LogP contribution is -2.14. The monoisotopic (exact) mass is 645 g/mol. The van der Waals surface area contributed by atoms with Crippen LogP contribution in [-0.4, -0.2) is 45.5 Å². The summed E-state index contributed by atoms with van der Waals surface area (Å²) in [6, 6.07) is 0. The lowest BCUT2D eigenvalue weighted by molar-refractivity contribution is -0.137. The highest BCUT2D eigenvalue weighted by molar-refractivity contribution is 7.99. The molecule has 0 aliphatic rings. The third-order valence-corrected chi connectivity index (χ3v) is 9.86. The number of thioether (sulfide) groups is 1. The SMILES string of the molecule is CCCCCCCCCCCCCCCCCC(=O)O.CCCCCCCCCCCCCCCCCCSCC(O)CO. The summed E-state index contributed by atoms with van der Waals surface area (Å²) >= 11 is 1.76. The van der Waals surface area contributed by atoms with Gasteiger partial charge in [0.25, 0.3) is 0 Å². The van der Waals surface area contributed by atoms with Gasteiger partial charge in [0.05, 0.1) is 12.7 Å². The number of rotatable bonds is 36. The average Bonchev–Trinajstić information content (AvgIpc) is 3.02. The second kappa shape index (κ2) is 42.7. The molecular formula is C39H80O4S. The molecule has 0 aliphatic carbocycles. The number of aliphatic carboxylic acids is 1. The molecule has 0 heterocycles. The Hall–Kier alpha value is -0.260. The summed E-state index contributed by atoms with van der Waals surface area (Å²) in [4.78, 5) is 10.3. The van der Waals surface area contributed by atoms with E-state index in [2.05, 4.69) is 13.8 Å². The van der Waals surface area contributed by atoms with Crippen LogP contribution in [0.1, 0.15) is 219 Å². The number of hydrogen-bond donors (Lipinski definition) is 3. The third kappa shape index (κ3) is 46.2. The van der Waals surface area contributed by atoms with Crippen molar-refractivity contribution in [3.05, 3.63) is 0 Å². The summed E-state index contributed by atoms with van der Waals surface area (Å²) < 4.78 is 0. The van der Waals surface area contributed by atoms with E-state index in [1.165, 1.54) is 186 Å². The quantitative estimate of drug-likeness (QED) is 0.0591. The van der Waals surface area contributed by atoms with Crippen molar-refractivity contribution in [3.63, 3.8) is 0 Å². The largest absolute Gasteiger partial charge is 0.481 e. The molecule has 0 rings (SSSR count).